The van der Waals surface area contributed by atoms with Gasteiger partial charge < -0.3 is 27.7 Å². The Kier molecular flexibility index (Phi) is 16.4. The van der Waals surface area contributed by atoms with E-state index in [1.54, 1.807) is 0 Å². The van der Waals surface area contributed by atoms with Gasteiger partial charge in [0.1, 0.15) is 0 Å². The van der Waals surface area contributed by atoms with E-state index in [0.29, 0.717) is 0 Å². The van der Waals surface area contributed by atoms with Crippen LogP contribution in [-0.4, -0.2) is 0 Å². The van der Waals surface area contributed by atoms with Gasteiger partial charge in [-0.25, -0.2) is 0 Å². The Bertz CT molecular complexity index is 776. The predicted molar refractivity (Wildman–Crippen MR) is 128 cm³/mol. The largest absolute Gasteiger partial charge is 0.850 e. The summed E-state index contributed by atoms with van der Waals surface area (Å²) in [6.07, 6.45) is 0. The minimum absolute atomic E-state index is 1.27. The SMILES string of the molecule is Cc1cc(C)c[c]([Zn+])c1.Cc1cc(C)c[c]([Zn+])c1.Cc1cc(C)c[c]([Zn+])c1.[O-]P([O-])(=S)[S-]. The van der Waals surface area contributed by atoms with E-state index >= 15 is 0 Å². The van der Waals surface area contributed by atoms with Gasteiger partial charge in [0.25, 0.3) is 0 Å². The molecule has 3 aromatic rings. The summed E-state index contributed by atoms with van der Waals surface area (Å²) >= 11 is 11.1. The molecular formula is C24H27O2PS2Zn3. The predicted octanol–water partition coefficient (Wildman–Crippen LogP) is 2.91. The summed E-state index contributed by atoms with van der Waals surface area (Å²) in [6.45, 7) is 12.9. The first-order chi connectivity index (χ1) is 14.5. The Morgan fingerprint density at radius 2 is 0.656 bits per heavy atom. The van der Waals surface area contributed by atoms with Crippen molar-refractivity contribution in [2.75, 3.05) is 0 Å². The summed E-state index contributed by atoms with van der Waals surface area (Å²) in [5, 5.41) is 0. The second-order valence-corrected chi connectivity index (χ2v) is 17.5. The molecule has 0 aromatic heterocycles. The number of hydrogen-bond donors (Lipinski definition) is 0. The topological polar surface area (TPSA) is 46.1 Å². The Balaban J connectivity index is 0.000000410. The Labute approximate surface area is 234 Å². The van der Waals surface area contributed by atoms with Crippen LogP contribution in [0.4, 0.5) is 0 Å². The van der Waals surface area contributed by atoms with Gasteiger partial charge in [0.2, 0.25) is 0 Å². The zero-order valence-electron chi connectivity index (χ0n) is 19.9. The van der Waals surface area contributed by atoms with Crippen LogP contribution in [0.2, 0.25) is 0 Å². The van der Waals surface area contributed by atoms with E-state index in [9.17, 15) is 9.79 Å². The van der Waals surface area contributed by atoms with Crippen LogP contribution in [0.15, 0.2) is 54.6 Å². The zero-order chi connectivity index (χ0) is 25.1. The minimum Gasteiger partial charge on any atom is -0.850 e. The fourth-order valence-electron chi connectivity index (χ4n) is 3.21. The normalized spacial score (nSPS) is 10.1. The van der Waals surface area contributed by atoms with Crippen molar-refractivity contribution >= 4 is 42.2 Å². The quantitative estimate of drug-likeness (QED) is 0.216. The Hall–Kier alpha value is 0.450. The first kappa shape index (κ1) is 32.5. The molecule has 0 amide bonds. The van der Waals surface area contributed by atoms with Gasteiger partial charge >= 0.3 is 197 Å². The molecule has 0 aliphatic heterocycles. The fourth-order valence-corrected chi connectivity index (χ4v) is 7.26. The van der Waals surface area contributed by atoms with E-state index in [1.807, 2.05) is 0 Å². The van der Waals surface area contributed by atoms with Crippen molar-refractivity contribution in [1.29, 1.82) is 0 Å². The van der Waals surface area contributed by atoms with Gasteiger partial charge in [-0.2, -0.15) is 11.8 Å². The fraction of sp³-hybridized carbons (Fsp3) is 0.250. The van der Waals surface area contributed by atoms with Gasteiger partial charge in [-0.15, -0.1) is 0 Å². The van der Waals surface area contributed by atoms with E-state index in [2.05, 4.69) is 120 Å². The van der Waals surface area contributed by atoms with Gasteiger partial charge in [0.05, 0.1) is 0 Å². The molecule has 0 N–H and O–H groups in total. The third-order valence-corrected chi connectivity index (χ3v) is 6.41. The third kappa shape index (κ3) is 19.9. The maximum Gasteiger partial charge on any atom is -0.160 e. The molecule has 32 heavy (non-hydrogen) atoms. The number of aryl methyl sites for hydroxylation is 6. The molecule has 0 heterocycles. The second kappa shape index (κ2) is 16.2. The number of rotatable bonds is 0. The van der Waals surface area contributed by atoms with Gasteiger partial charge in [-0.05, 0) is 0 Å². The van der Waals surface area contributed by atoms with Gasteiger partial charge in [0, 0.05) is 0 Å². The van der Waals surface area contributed by atoms with Crippen LogP contribution < -0.4 is 22.3 Å². The van der Waals surface area contributed by atoms with Gasteiger partial charge in [0.15, 0.2) is 0 Å². The Morgan fingerprint density at radius 3 is 0.750 bits per heavy atom. The van der Waals surface area contributed by atoms with Crippen molar-refractivity contribution in [1.82, 2.24) is 0 Å². The van der Waals surface area contributed by atoms with E-state index < -0.39 is 5.69 Å². The summed E-state index contributed by atoms with van der Waals surface area (Å²) in [6, 6.07) is 20.1. The van der Waals surface area contributed by atoms with E-state index in [1.165, 1.54) is 101 Å². The molecule has 3 rings (SSSR count). The molecule has 8 heteroatoms. The molecule has 0 unspecified atom stereocenters. The average Bonchev–Trinajstić information content (AvgIpc) is 2.49. The summed E-state index contributed by atoms with van der Waals surface area (Å²) in [5.41, 5.74) is 4.59. The van der Waals surface area contributed by atoms with Crippen molar-refractivity contribution in [2.45, 2.75) is 41.5 Å². The first-order valence-electron chi connectivity index (χ1n) is 9.99. The molecule has 158 valence electrons. The number of hydrogen-bond acceptors (Lipinski definition) is 4. The molecule has 0 saturated carbocycles. The van der Waals surface area contributed by atoms with Crippen LogP contribution in [0.5, 0.6) is 0 Å². The van der Waals surface area contributed by atoms with Crippen LogP contribution in [0.25, 0.3) is 0 Å². The summed E-state index contributed by atoms with van der Waals surface area (Å²) in [7, 11) is 0. The maximum atomic E-state index is 9.29. The summed E-state index contributed by atoms with van der Waals surface area (Å²) < 4.78 is 4.44. The van der Waals surface area contributed by atoms with E-state index in [4.69, 9.17) is 0 Å². The van der Waals surface area contributed by atoms with Crippen LogP contribution in [0.3, 0.4) is 0 Å². The third-order valence-electron chi connectivity index (χ3n) is 3.84. The molecule has 0 bridgehead atoms. The van der Waals surface area contributed by atoms with Crippen LogP contribution in [-0.2, 0) is 79.0 Å². The van der Waals surface area contributed by atoms with Crippen LogP contribution in [0.1, 0.15) is 33.4 Å². The van der Waals surface area contributed by atoms with Crippen molar-refractivity contribution in [3.8, 4) is 0 Å². The zero-order valence-corrected chi connectivity index (χ0v) is 31.3. The molecule has 0 fully saturated rings. The molecular weight excluding hydrogens is 612 g/mol. The summed E-state index contributed by atoms with van der Waals surface area (Å²) in [4.78, 5) is 18.6. The molecule has 0 radical (unpaired) electrons. The van der Waals surface area contributed by atoms with Crippen molar-refractivity contribution < 1.29 is 64.7 Å². The first-order valence-corrected chi connectivity index (χ1v) is 18.1. The molecule has 2 nitrogen and oxygen atoms in total. The van der Waals surface area contributed by atoms with Gasteiger partial charge in [-0.1, -0.05) is 0 Å². The van der Waals surface area contributed by atoms with Crippen molar-refractivity contribution in [2.24, 2.45) is 0 Å². The minimum atomic E-state index is -3.72. The molecule has 0 atom stereocenters. The van der Waals surface area contributed by atoms with Crippen molar-refractivity contribution in [3.63, 3.8) is 0 Å². The monoisotopic (exact) mass is 634 g/mol. The summed E-state index contributed by atoms with van der Waals surface area (Å²) in [5.74, 6) is 0. The van der Waals surface area contributed by atoms with E-state index in [-0.39, 0.29) is 0 Å². The molecule has 0 aliphatic carbocycles. The second-order valence-electron chi connectivity index (χ2n) is 7.94. The van der Waals surface area contributed by atoms with Gasteiger partial charge in [-0.3, -0.25) is 0 Å². The molecule has 3 aromatic carbocycles. The smallest absolute Gasteiger partial charge is 0.160 e. The Morgan fingerprint density at radius 1 is 0.531 bits per heavy atom. The molecule has 0 saturated heterocycles. The number of benzene rings is 3. The average molecular weight is 639 g/mol. The van der Waals surface area contributed by atoms with Crippen LogP contribution >= 0.6 is 5.69 Å². The maximum absolute atomic E-state index is 9.29. The van der Waals surface area contributed by atoms with E-state index in [0.717, 1.165) is 0 Å². The van der Waals surface area contributed by atoms with Crippen LogP contribution in [0, 0.1) is 41.5 Å². The molecule has 0 spiro atoms. The van der Waals surface area contributed by atoms with Crippen molar-refractivity contribution in [3.05, 3.63) is 88.0 Å². The molecule has 0 aliphatic rings. The standard InChI is InChI=1S/3C8H9.H3O2PS2.3Zn/c3*1-7-4-3-5-8(2)6-7;1-3(2,4)5;;;/h3*4-6H,1-2H3;(H3,1,2,4,5);;;/q;;;;3*+1/p-3.